The van der Waals surface area contributed by atoms with E-state index in [0.717, 1.165) is 14.9 Å². The number of carbonyl (C=O) groups is 4. The van der Waals surface area contributed by atoms with Crippen LogP contribution in [0.1, 0.15) is 52.5 Å². The van der Waals surface area contributed by atoms with Gasteiger partial charge in [-0.05, 0) is 37.1 Å². The van der Waals surface area contributed by atoms with Gasteiger partial charge in [0.25, 0.3) is 17.7 Å². The van der Waals surface area contributed by atoms with Crippen LogP contribution in [0, 0.1) is 6.92 Å². The van der Waals surface area contributed by atoms with Crippen LogP contribution in [0.4, 0.5) is 5.69 Å². The summed E-state index contributed by atoms with van der Waals surface area (Å²) in [6, 6.07) is 3.91. The number of amides is 3. The van der Waals surface area contributed by atoms with Gasteiger partial charge in [-0.25, -0.2) is 4.79 Å². The number of anilines is 1. The number of nitrogens with zero attached hydrogens (tertiary/aromatic N) is 1. The molecule has 1 aliphatic heterocycles. The molecule has 0 fully saturated rings. The second-order valence-electron chi connectivity index (χ2n) is 7.76. The lowest BCUT2D eigenvalue weighted by molar-refractivity contribution is -0.151. The van der Waals surface area contributed by atoms with Crippen LogP contribution in [0.3, 0.4) is 0 Å². The van der Waals surface area contributed by atoms with Crippen molar-refractivity contribution in [3.8, 4) is 0 Å². The molecule has 0 aromatic heterocycles. The van der Waals surface area contributed by atoms with Gasteiger partial charge < -0.3 is 10.1 Å². The van der Waals surface area contributed by atoms with Crippen molar-refractivity contribution in [2.24, 2.45) is 0 Å². The number of halogens is 5. The number of ether oxygens (including phenoxy) is 1. The van der Waals surface area contributed by atoms with E-state index in [1.54, 1.807) is 18.2 Å². The van der Waals surface area contributed by atoms with Crippen molar-refractivity contribution in [3.05, 3.63) is 59.5 Å². The van der Waals surface area contributed by atoms with Gasteiger partial charge in [0.2, 0.25) is 0 Å². The molecule has 3 rings (SSSR count). The van der Waals surface area contributed by atoms with E-state index in [0.29, 0.717) is 18.5 Å². The van der Waals surface area contributed by atoms with Gasteiger partial charge >= 0.3 is 5.97 Å². The van der Waals surface area contributed by atoms with Gasteiger partial charge in [0.05, 0.1) is 31.2 Å². The Bertz CT molecular complexity index is 1190. The Labute approximate surface area is 230 Å². The van der Waals surface area contributed by atoms with Crippen LogP contribution >= 0.6 is 62.3 Å². The minimum Gasteiger partial charge on any atom is -0.454 e. The normalized spacial score (nSPS) is 13.6. The average Bonchev–Trinajstić information content (AvgIpc) is 3.08. The summed E-state index contributed by atoms with van der Waals surface area (Å²) in [5.41, 5.74) is 0.970. The summed E-state index contributed by atoms with van der Waals surface area (Å²) >= 11 is 27.9. The zero-order valence-corrected chi connectivity index (χ0v) is 23.1. The number of unbranched alkanes of at least 4 members (excludes halogenated alkanes) is 1. The molecule has 0 spiro atoms. The number of hydrogen-bond acceptors (Lipinski definition) is 5. The number of aryl methyl sites for hydroxylation is 1. The number of esters is 1. The van der Waals surface area contributed by atoms with Gasteiger partial charge in [-0.2, -0.15) is 0 Å². The molecular weight excluding hydrogens is 606 g/mol. The largest absolute Gasteiger partial charge is 0.454 e. The predicted molar refractivity (Wildman–Crippen MR) is 139 cm³/mol. The van der Waals surface area contributed by atoms with Gasteiger partial charge in [-0.15, -0.1) is 0 Å². The molecule has 3 amide bonds. The summed E-state index contributed by atoms with van der Waals surface area (Å²) in [5.74, 6) is -3.19. The van der Waals surface area contributed by atoms with Crippen LogP contribution in [0.2, 0.25) is 20.1 Å². The lowest BCUT2D eigenvalue weighted by atomic mass is 10.1. The summed E-state index contributed by atoms with van der Waals surface area (Å²) in [7, 11) is 0. The van der Waals surface area contributed by atoms with E-state index >= 15 is 0 Å². The summed E-state index contributed by atoms with van der Waals surface area (Å²) < 4.78 is 6.06. The molecule has 1 N–H and O–H groups in total. The SMILES string of the molecule is CCCC[C@H](C(=O)OCC(=O)Nc1ccc(Br)c(C)c1)N1C(=O)c2c(Cl)c(Cl)c(Cl)c(Cl)c2C1=O. The van der Waals surface area contributed by atoms with E-state index in [1.165, 1.54) is 0 Å². The second kappa shape index (κ2) is 11.5. The number of benzene rings is 2. The van der Waals surface area contributed by atoms with Crippen LogP contribution in [-0.4, -0.2) is 41.2 Å². The Morgan fingerprint density at radius 1 is 1.03 bits per heavy atom. The van der Waals surface area contributed by atoms with Gasteiger partial charge in [0.15, 0.2) is 6.61 Å². The molecule has 1 aliphatic rings. The standard InChI is InChI=1S/C23H19BrCl4N2O5/c1-3-4-5-13(23(34)35-9-14(31)29-11-6-7-12(24)10(2)8-11)30-21(32)15-16(22(30)33)18(26)20(28)19(27)17(15)25/h6-8,13H,3-5,9H2,1-2H3,(H,29,31)/t13-/m1/s1. The predicted octanol–water partition coefficient (Wildman–Crippen LogP) is 6.71. The molecule has 2 aromatic carbocycles. The zero-order chi connectivity index (χ0) is 26.0. The molecule has 0 aliphatic carbocycles. The van der Waals surface area contributed by atoms with Crippen LogP contribution in [0.25, 0.3) is 0 Å². The minimum absolute atomic E-state index is 0.116. The van der Waals surface area contributed by atoms with Crippen LogP contribution in [0.5, 0.6) is 0 Å². The molecule has 186 valence electrons. The first-order chi connectivity index (χ1) is 16.5. The first-order valence-corrected chi connectivity index (χ1v) is 12.8. The average molecular weight is 625 g/mol. The van der Waals surface area contributed by atoms with Gasteiger partial charge in [-0.1, -0.05) is 82.1 Å². The van der Waals surface area contributed by atoms with Gasteiger partial charge in [-0.3, -0.25) is 19.3 Å². The Kier molecular flexibility index (Phi) is 9.10. The molecule has 0 saturated heterocycles. The van der Waals surface area contributed by atoms with E-state index < -0.39 is 36.3 Å². The van der Waals surface area contributed by atoms with Crippen molar-refractivity contribution in [1.29, 1.82) is 0 Å². The fraction of sp³-hybridized carbons (Fsp3) is 0.304. The third-order valence-electron chi connectivity index (χ3n) is 5.33. The van der Waals surface area contributed by atoms with Crippen molar-refractivity contribution >= 4 is 91.7 Å². The van der Waals surface area contributed by atoms with Crippen molar-refractivity contribution in [1.82, 2.24) is 4.90 Å². The Balaban J connectivity index is 1.80. The van der Waals surface area contributed by atoms with Crippen LogP contribution in [0.15, 0.2) is 22.7 Å². The Morgan fingerprint density at radius 3 is 2.11 bits per heavy atom. The van der Waals surface area contributed by atoms with Crippen LogP contribution < -0.4 is 5.32 Å². The quantitative estimate of drug-likeness (QED) is 0.153. The lowest BCUT2D eigenvalue weighted by Crippen LogP contribution is -2.46. The fourth-order valence-corrected chi connectivity index (χ4v) is 4.81. The maximum atomic E-state index is 13.2. The highest BCUT2D eigenvalue weighted by Crippen LogP contribution is 2.45. The third-order valence-corrected chi connectivity index (χ3v) is 8.03. The monoisotopic (exact) mass is 622 g/mol. The molecule has 0 saturated carbocycles. The second-order valence-corrected chi connectivity index (χ2v) is 10.1. The van der Waals surface area contributed by atoms with E-state index in [9.17, 15) is 19.2 Å². The third kappa shape index (κ3) is 5.62. The fourth-order valence-electron chi connectivity index (χ4n) is 3.55. The molecular formula is C23H19BrCl4N2O5. The molecule has 7 nitrogen and oxygen atoms in total. The smallest absolute Gasteiger partial charge is 0.329 e. The summed E-state index contributed by atoms with van der Waals surface area (Å²) in [5, 5.41) is 1.81. The maximum Gasteiger partial charge on any atom is 0.329 e. The van der Waals surface area contributed by atoms with E-state index in [4.69, 9.17) is 51.1 Å². The Hall–Kier alpha value is -1.84. The summed E-state index contributed by atoms with van der Waals surface area (Å²) in [6.07, 6.45) is 1.29. The highest BCUT2D eigenvalue weighted by atomic mass is 79.9. The van der Waals surface area contributed by atoms with Gasteiger partial charge in [0.1, 0.15) is 6.04 Å². The highest BCUT2D eigenvalue weighted by Gasteiger charge is 2.47. The molecule has 2 aromatic rings. The van der Waals surface area contributed by atoms with Crippen molar-refractivity contribution in [2.75, 3.05) is 11.9 Å². The van der Waals surface area contributed by atoms with Crippen molar-refractivity contribution in [2.45, 2.75) is 39.2 Å². The first-order valence-electron chi connectivity index (χ1n) is 10.5. The van der Waals surface area contributed by atoms with E-state index in [1.807, 2.05) is 13.8 Å². The molecule has 0 radical (unpaired) electrons. The van der Waals surface area contributed by atoms with Crippen LogP contribution in [-0.2, 0) is 14.3 Å². The zero-order valence-electron chi connectivity index (χ0n) is 18.5. The highest BCUT2D eigenvalue weighted by molar-refractivity contribution is 9.10. The number of rotatable bonds is 8. The molecule has 1 atom stereocenters. The molecule has 0 unspecified atom stereocenters. The lowest BCUT2D eigenvalue weighted by Gasteiger charge is -2.24. The molecule has 35 heavy (non-hydrogen) atoms. The van der Waals surface area contributed by atoms with E-state index in [2.05, 4.69) is 21.2 Å². The Morgan fingerprint density at radius 2 is 1.60 bits per heavy atom. The maximum absolute atomic E-state index is 13.2. The summed E-state index contributed by atoms with van der Waals surface area (Å²) in [6.45, 7) is 3.13. The number of carbonyl (C=O) groups excluding carboxylic acids is 4. The number of hydrogen-bond donors (Lipinski definition) is 1. The topological polar surface area (TPSA) is 92.8 Å². The molecule has 1 heterocycles. The van der Waals surface area contributed by atoms with Crippen molar-refractivity contribution < 1.29 is 23.9 Å². The van der Waals surface area contributed by atoms with Crippen molar-refractivity contribution in [3.63, 3.8) is 0 Å². The molecule has 0 bridgehead atoms. The molecule has 12 heteroatoms. The number of fused-ring (bicyclic) bond motifs is 1. The van der Waals surface area contributed by atoms with Gasteiger partial charge in [0, 0.05) is 10.2 Å². The number of imide groups is 1. The minimum atomic E-state index is -1.30. The van der Waals surface area contributed by atoms with E-state index in [-0.39, 0.29) is 37.6 Å². The summed E-state index contributed by atoms with van der Waals surface area (Å²) in [4.78, 5) is 52.4. The first kappa shape index (κ1) is 27.7. The number of nitrogens with one attached hydrogen (secondary N) is 1.